The Morgan fingerprint density at radius 1 is 1.39 bits per heavy atom. The number of rotatable bonds is 6. The van der Waals surface area contributed by atoms with Crippen molar-refractivity contribution in [3.63, 3.8) is 0 Å². The predicted molar refractivity (Wildman–Crippen MR) is 69.1 cm³/mol. The van der Waals surface area contributed by atoms with Gasteiger partial charge in [-0.25, -0.2) is 0 Å². The molecule has 0 saturated heterocycles. The molecule has 0 atom stereocenters. The van der Waals surface area contributed by atoms with Crippen LogP contribution in [0.4, 0.5) is 0 Å². The van der Waals surface area contributed by atoms with Crippen molar-refractivity contribution in [3.8, 4) is 11.8 Å². The average Bonchev–Trinajstić information content (AvgIpc) is 2.36. The first-order valence-electron chi connectivity index (χ1n) is 5.97. The van der Waals surface area contributed by atoms with E-state index in [-0.39, 0.29) is 12.5 Å². The molecule has 0 aliphatic rings. The van der Waals surface area contributed by atoms with Crippen LogP contribution in [-0.4, -0.2) is 19.1 Å². The smallest absolute Gasteiger partial charge is 0.257 e. The lowest BCUT2D eigenvalue weighted by atomic mass is 10.2. The summed E-state index contributed by atoms with van der Waals surface area (Å²) in [5, 5.41) is 11.3. The Hall–Kier alpha value is -2.02. The topological polar surface area (TPSA) is 62.1 Å². The maximum Gasteiger partial charge on any atom is 0.257 e. The second-order valence-corrected chi connectivity index (χ2v) is 4.47. The highest BCUT2D eigenvalue weighted by molar-refractivity contribution is 5.77. The minimum Gasteiger partial charge on any atom is -0.484 e. The van der Waals surface area contributed by atoms with Gasteiger partial charge >= 0.3 is 0 Å². The molecular weight excluding hydrogens is 228 g/mol. The number of carbonyl (C=O) groups excluding carboxylic acids is 1. The van der Waals surface area contributed by atoms with Crippen molar-refractivity contribution in [2.24, 2.45) is 5.92 Å². The molecule has 1 aromatic rings. The Balaban J connectivity index is 2.35. The van der Waals surface area contributed by atoms with E-state index in [1.807, 2.05) is 26.0 Å². The third-order valence-corrected chi connectivity index (χ3v) is 2.28. The number of amides is 1. The van der Waals surface area contributed by atoms with Crippen molar-refractivity contribution in [3.05, 3.63) is 29.8 Å². The molecular formula is C14H18N2O2. The minimum absolute atomic E-state index is 0.0182. The van der Waals surface area contributed by atoms with E-state index < -0.39 is 0 Å². The van der Waals surface area contributed by atoms with Crippen LogP contribution in [-0.2, 0) is 11.2 Å². The van der Waals surface area contributed by atoms with E-state index in [1.54, 1.807) is 12.1 Å². The van der Waals surface area contributed by atoms with Gasteiger partial charge < -0.3 is 10.1 Å². The summed E-state index contributed by atoms with van der Waals surface area (Å²) in [5.74, 6) is 0.945. The fraction of sp³-hybridized carbons (Fsp3) is 0.429. The summed E-state index contributed by atoms with van der Waals surface area (Å²) in [7, 11) is 0. The molecule has 0 saturated carbocycles. The highest BCUT2D eigenvalue weighted by atomic mass is 16.5. The Morgan fingerprint density at radius 3 is 2.61 bits per heavy atom. The number of ether oxygens (including phenoxy) is 1. The van der Waals surface area contributed by atoms with E-state index in [4.69, 9.17) is 10.00 Å². The quantitative estimate of drug-likeness (QED) is 0.834. The van der Waals surface area contributed by atoms with Gasteiger partial charge in [-0.15, -0.1) is 0 Å². The second kappa shape index (κ2) is 7.33. The van der Waals surface area contributed by atoms with Gasteiger partial charge in [0.05, 0.1) is 12.5 Å². The number of benzene rings is 1. The van der Waals surface area contributed by atoms with E-state index in [0.29, 0.717) is 24.6 Å². The molecule has 0 unspecified atom stereocenters. The van der Waals surface area contributed by atoms with Crippen molar-refractivity contribution < 1.29 is 9.53 Å². The maximum atomic E-state index is 11.4. The summed E-state index contributed by atoms with van der Waals surface area (Å²) in [6, 6.07) is 9.26. The number of hydrogen-bond acceptors (Lipinski definition) is 3. The van der Waals surface area contributed by atoms with E-state index in [0.717, 1.165) is 5.56 Å². The molecule has 1 N–H and O–H groups in total. The zero-order chi connectivity index (χ0) is 13.4. The van der Waals surface area contributed by atoms with E-state index >= 15 is 0 Å². The largest absolute Gasteiger partial charge is 0.484 e. The number of nitrogens with zero attached hydrogens (tertiary/aromatic N) is 1. The number of nitrogens with one attached hydrogen (secondary N) is 1. The summed E-state index contributed by atoms with van der Waals surface area (Å²) in [6.45, 7) is 4.75. The lowest BCUT2D eigenvalue weighted by molar-refractivity contribution is -0.123. The van der Waals surface area contributed by atoms with Gasteiger partial charge in [0.2, 0.25) is 0 Å². The van der Waals surface area contributed by atoms with Gasteiger partial charge in [-0.1, -0.05) is 26.0 Å². The van der Waals surface area contributed by atoms with Crippen LogP contribution in [0.25, 0.3) is 0 Å². The van der Waals surface area contributed by atoms with E-state index in [2.05, 4.69) is 11.4 Å². The van der Waals surface area contributed by atoms with Crippen LogP contribution in [0.3, 0.4) is 0 Å². The number of hydrogen-bond donors (Lipinski definition) is 1. The molecule has 96 valence electrons. The van der Waals surface area contributed by atoms with Gasteiger partial charge in [0.1, 0.15) is 5.75 Å². The zero-order valence-corrected chi connectivity index (χ0v) is 10.8. The zero-order valence-electron chi connectivity index (χ0n) is 10.8. The van der Waals surface area contributed by atoms with E-state index in [9.17, 15) is 4.79 Å². The molecule has 1 amide bonds. The first-order chi connectivity index (χ1) is 8.61. The minimum atomic E-state index is -0.121. The van der Waals surface area contributed by atoms with Gasteiger partial charge in [0.25, 0.3) is 5.91 Å². The first-order valence-corrected chi connectivity index (χ1v) is 5.97. The van der Waals surface area contributed by atoms with Crippen molar-refractivity contribution in [1.29, 1.82) is 5.26 Å². The summed E-state index contributed by atoms with van der Waals surface area (Å²) in [4.78, 5) is 11.4. The summed E-state index contributed by atoms with van der Waals surface area (Å²) < 4.78 is 5.34. The van der Waals surface area contributed by atoms with Crippen molar-refractivity contribution >= 4 is 5.91 Å². The molecule has 18 heavy (non-hydrogen) atoms. The van der Waals surface area contributed by atoms with Crippen LogP contribution in [0.5, 0.6) is 5.75 Å². The third kappa shape index (κ3) is 5.35. The van der Waals surface area contributed by atoms with Crippen molar-refractivity contribution in [2.45, 2.75) is 20.3 Å². The summed E-state index contributed by atoms with van der Waals surface area (Å²) >= 11 is 0. The number of carbonyl (C=O) groups is 1. The van der Waals surface area contributed by atoms with Crippen LogP contribution in [0.2, 0.25) is 0 Å². The highest BCUT2D eigenvalue weighted by Crippen LogP contribution is 2.12. The SMILES string of the molecule is CC(C)CNC(=O)COc1ccc(CC#N)cc1. The normalized spacial score (nSPS) is 9.89. The first kappa shape index (κ1) is 14.0. The molecule has 0 fully saturated rings. The number of nitriles is 1. The highest BCUT2D eigenvalue weighted by Gasteiger charge is 2.03. The maximum absolute atomic E-state index is 11.4. The molecule has 0 radical (unpaired) electrons. The molecule has 0 heterocycles. The van der Waals surface area contributed by atoms with Gasteiger partial charge in [0, 0.05) is 6.54 Å². The average molecular weight is 246 g/mol. The standard InChI is InChI=1S/C14H18N2O2/c1-11(2)9-16-14(17)10-18-13-5-3-12(4-6-13)7-8-15/h3-6,11H,7,9-10H2,1-2H3,(H,16,17). The molecule has 0 aliphatic carbocycles. The third-order valence-electron chi connectivity index (χ3n) is 2.28. The predicted octanol–water partition coefficient (Wildman–Crippen LogP) is 1.90. The molecule has 1 aromatic carbocycles. The Kier molecular flexibility index (Phi) is 5.72. The van der Waals surface area contributed by atoms with Crippen LogP contribution < -0.4 is 10.1 Å². The lowest BCUT2D eigenvalue weighted by Crippen LogP contribution is -2.31. The van der Waals surface area contributed by atoms with Gasteiger partial charge in [-0.2, -0.15) is 5.26 Å². The van der Waals surface area contributed by atoms with Crippen molar-refractivity contribution in [1.82, 2.24) is 5.32 Å². The van der Waals surface area contributed by atoms with Gasteiger partial charge in [-0.3, -0.25) is 4.79 Å². The summed E-state index contributed by atoms with van der Waals surface area (Å²) in [6.07, 6.45) is 0.384. The second-order valence-electron chi connectivity index (χ2n) is 4.47. The van der Waals surface area contributed by atoms with Crippen LogP contribution in [0.1, 0.15) is 19.4 Å². The molecule has 0 bridgehead atoms. The monoisotopic (exact) mass is 246 g/mol. The fourth-order valence-electron chi connectivity index (χ4n) is 1.31. The molecule has 0 aromatic heterocycles. The van der Waals surface area contributed by atoms with Gasteiger partial charge in [0.15, 0.2) is 6.61 Å². The fourth-order valence-corrected chi connectivity index (χ4v) is 1.31. The molecule has 0 aliphatic heterocycles. The Labute approximate surface area is 108 Å². The molecule has 4 heteroatoms. The Bertz CT molecular complexity index is 418. The van der Waals surface area contributed by atoms with E-state index in [1.165, 1.54) is 0 Å². The van der Waals surface area contributed by atoms with Gasteiger partial charge in [-0.05, 0) is 23.6 Å². The molecule has 0 spiro atoms. The van der Waals surface area contributed by atoms with Crippen molar-refractivity contribution in [2.75, 3.05) is 13.2 Å². The van der Waals surface area contributed by atoms with Crippen LogP contribution >= 0.6 is 0 Å². The molecule has 4 nitrogen and oxygen atoms in total. The lowest BCUT2D eigenvalue weighted by Gasteiger charge is -2.09. The van der Waals surface area contributed by atoms with Crippen LogP contribution in [0, 0.1) is 17.2 Å². The Morgan fingerprint density at radius 2 is 2.06 bits per heavy atom. The van der Waals surface area contributed by atoms with Crippen LogP contribution in [0.15, 0.2) is 24.3 Å². The molecule has 1 rings (SSSR count). The summed E-state index contributed by atoms with van der Waals surface area (Å²) in [5.41, 5.74) is 0.939.